The summed E-state index contributed by atoms with van der Waals surface area (Å²) < 4.78 is 5.42. The molecule has 2 amide bonds. The molecule has 22 heavy (non-hydrogen) atoms. The molecular formula is C16H20N4O2. The van der Waals surface area contributed by atoms with Crippen molar-refractivity contribution in [1.82, 2.24) is 20.4 Å². The lowest BCUT2D eigenvalue weighted by Gasteiger charge is -2.21. The second kappa shape index (κ2) is 6.17. The molecule has 3 rings (SSSR count). The van der Waals surface area contributed by atoms with E-state index < -0.39 is 0 Å². The molecule has 6 nitrogen and oxygen atoms in total. The monoisotopic (exact) mass is 300 g/mol. The van der Waals surface area contributed by atoms with Gasteiger partial charge in [-0.3, -0.25) is 0 Å². The number of urea groups is 1. The lowest BCUT2D eigenvalue weighted by atomic mass is 10.1. The summed E-state index contributed by atoms with van der Waals surface area (Å²) in [4.78, 5) is 18.3. The minimum Gasteiger partial charge on any atom is -0.338 e. The summed E-state index contributed by atoms with van der Waals surface area (Å²) in [6.07, 6.45) is 1.80. The van der Waals surface area contributed by atoms with Crippen molar-refractivity contribution in [2.45, 2.75) is 32.7 Å². The van der Waals surface area contributed by atoms with E-state index in [0.29, 0.717) is 18.3 Å². The predicted molar refractivity (Wildman–Crippen MR) is 82.2 cm³/mol. The zero-order chi connectivity index (χ0) is 15.5. The fourth-order valence-corrected chi connectivity index (χ4v) is 2.79. The van der Waals surface area contributed by atoms with Gasteiger partial charge in [0.25, 0.3) is 0 Å². The average molecular weight is 300 g/mol. The highest BCUT2D eigenvalue weighted by Crippen LogP contribution is 2.32. The molecule has 6 heteroatoms. The number of aromatic nitrogens is 2. The van der Waals surface area contributed by atoms with Crippen LogP contribution >= 0.6 is 0 Å². The van der Waals surface area contributed by atoms with E-state index in [4.69, 9.17) is 4.52 Å². The van der Waals surface area contributed by atoms with Crippen LogP contribution in [-0.4, -0.2) is 34.2 Å². The first-order valence-corrected chi connectivity index (χ1v) is 7.64. The number of hydrogen-bond donors (Lipinski definition) is 1. The number of carbonyl (C=O) groups is 1. The molecule has 0 saturated carbocycles. The van der Waals surface area contributed by atoms with Crippen LogP contribution in [0, 0.1) is 6.92 Å². The van der Waals surface area contributed by atoms with Crippen LogP contribution in [0.25, 0.3) is 11.4 Å². The van der Waals surface area contributed by atoms with Gasteiger partial charge in [0.2, 0.25) is 11.7 Å². The number of hydrogen-bond acceptors (Lipinski definition) is 4. The molecule has 0 aliphatic carbocycles. The van der Waals surface area contributed by atoms with Gasteiger partial charge >= 0.3 is 6.03 Å². The van der Waals surface area contributed by atoms with E-state index in [9.17, 15) is 4.79 Å². The quantitative estimate of drug-likeness (QED) is 0.946. The van der Waals surface area contributed by atoms with E-state index in [1.54, 1.807) is 4.90 Å². The smallest absolute Gasteiger partial charge is 0.318 e. The van der Waals surface area contributed by atoms with Gasteiger partial charge in [0.15, 0.2) is 0 Å². The van der Waals surface area contributed by atoms with Gasteiger partial charge in [-0.25, -0.2) is 4.79 Å². The fourth-order valence-electron chi connectivity index (χ4n) is 2.79. The SMILES string of the molecule is CCNC(=O)N1CCCC1c1nc(-c2cccc(C)c2)no1. The molecular weight excluding hydrogens is 280 g/mol. The molecule has 0 spiro atoms. The summed E-state index contributed by atoms with van der Waals surface area (Å²) in [7, 11) is 0. The van der Waals surface area contributed by atoms with E-state index in [-0.39, 0.29) is 12.1 Å². The molecule has 1 unspecified atom stereocenters. The Bertz CT molecular complexity index is 668. The Balaban J connectivity index is 1.82. The zero-order valence-electron chi connectivity index (χ0n) is 12.9. The molecule has 1 atom stereocenters. The maximum Gasteiger partial charge on any atom is 0.318 e. The molecule has 0 bridgehead atoms. The van der Waals surface area contributed by atoms with Crippen molar-refractivity contribution < 1.29 is 9.32 Å². The van der Waals surface area contributed by atoms with Gasteiger partial charge < -0.3 is 14.7 Å². The Morgan fingerprint density at radius 1 is 1.50 bits per heavy atom. The standard InChI is InChI=1S/C16H20N4O2/c1-3-17-16(21)20-9-5-8-13(20)15-18-14(19-22-15)12-7-4-6-11(2)10-12/h4,6-7,10,13H,3,5,8-9H2,1-2H3,(H,17,21). The second-order valence-corrected chi connectivity index (χ2v) is 5.51. The first kappa shape index (κ1) is 14.6. The van der Waals surface area contributed by atoms with Crippen molar-refractivity contribution >= 4 is 6.03 Å². The van der Waals surface area contributed by atoms with Gasteiger partial charge in [-0.15, -0.1) is 0 Å². The highest BCUT2D eigenvalue weighted by atomic mass is 16.5. The van der Waals surface area contributed by atoms with Crippen LogP contribution in [0.4, 0.5) is 4.79 Å². The maximum atomic E-state index is 12.1. The lowest BCUT2D eigenvalue weighted by Crippen LogP contribution is -2.39. The topological polar surface area (TPSA) is 71.3 Å². The number of rotatable bonds is 3. The largest absolute Gasteiger partial charge is 0.338 e. The van der Waals surface area contributed by atoms with Crippen molar-refractivity contribution in [2.24, 2.45) is 0 Å². The van der Waals surface area contributed by atoms with Crippen LogP contribution in [0.5, 0.6) is 0 Å². The van der Waals surface area contributed by atoms with Crippen LogP contribution in [0.15, 0.2) is 28.8 Å². The van der Waals surface area contributed by atoms with E-state index in [1.165, 1.54) is 0 Å². The lowest BCUT2D eigenvalue weighted by molar-refractivity contribution is 0.181. The molecule has 0 radical (unpaired) electrons. The number of amides is 2. The van der Waals surface area contributed by atoms with Crippen molar-refractivity contribution in [1.29, 1.82) is 0 Å². The summed E-state index contributed by atoms with van der Waals surface area (Å²) in [6.45, 7) is 5.27. The number of nitrogens with one attached hydrogen (secondary N) is 1. The number of aryl methyl sites for hydroxylation is 1. The molecule has 1 saturated heterocycles. The molecule has 1 fully saturated rings. The molecule has 2 aromatic rings. The minimum atomic E-state index is -0.127. The van der Waals surface area contributed by atoms with Crippen LogP contribution < -0.4 is 5.32 Å². The summed E-state index contributed by atoms with van der Waals surface area (Å²) >= 11 is 0. The van der Waals surface area contributed by atoms with Gasteiger partial charge in [0.1, 0.15) is 6.04 Å². The van der Waals surface area contributed by atoms with Crippen LogP contribution in [-0.2, 0) is 0 Å². The van der Waals surface area contributed by atoms with E-state index in [1.807, 2.05) is 38.1 Å². The minimum absolute atomic E-state index is 0.0692. The van der Waals surface area contributed by atoms with Gasteiger partial charge in [0, 0.05) is 18.7 Å². The Morgan fingerprint density at radius 2 is 2.36 bits per heavy atom. The molecule has 116 valence electrons. The van der Waals surface area contributed by atoms with Gasteiger partial charge in [-0.05, 0) is 32.8 Å². The van der Waals surface area contributed by atoms with Crippen molar-refractivity contribution in [3.63, 3.8) is 0 Å². The van der Waals surface area contributed by atoms with Crippen molar-refractivity contribution in [3.8, 4) is 11.4 Å². The van der Waals surface area contributed by atoms with Crippen molar-refractivity contribution in [2.75, 3.05) is 13.1 Å². The summed E-state index contributed by atoms with van der Waals surface area (Å²) in [5.74, 6) is 1.08. The highest BCUT2D eigenvalue weighted by molar-refractivity contribution is 5.74. The Kier molecular flexibility index (Phi) is 4.09. The zero-order valence-corrected chi connectivity index (χ0v) is 12.9. The second-order valence-electron chi connectivity index (χ2n) is 5.51. The van der Waals surface area contributed by atoms with Crippen LogP contribution in [0.2, 0.25) is 0 Å². The van der Waals surface area contributed by atoms with Gasteiger partial charge in [-0.2, -0.15) is 4.98 Å². The first-order chi connectivity index (χ1) is 10.7. The highest BCUT2D eigenvalue weighted by Gasteiger charge is 2.33. The third-order valence-corrected chi connectivity index (χ3v) is 3.84. The molecule has 1 aromatic carbocycles. The number of nitrogens with zero attached hydrogens (tertiary/aromatic N) is 3. The number of carbonyl (C=O) groups excluding carboxylic acids is 1. The van der Waals surface area contributed by atoms with Crippen LogP contribution in [0.3, 0.4) is 0 Å². The maximum absolute atomic E-state index is 12.1. The average Bonchev–Trinajstić information content (AvgIpc) is 3.16. The molecule has 1 aliphatic rings. The predicted octanol–water partition coefficient (Wildman–Crippen LogP) is 2.91. The van der Waals surface area contributed by atoms with Crippen LogP contribution in [0.1, 0.15) is 37.3 Å². The third-order valence-electron chi connectivity index (χ3n) is 3.84. The fraction of sp³-hybridized carbons (Fsp3) is 0.438. The Labute approximate surface area is 129 Å². The first-order valence-electron chi connectivity index (χ1n) is 7.64. The Hall–Kier alpha value is -2.37. The van der Waals surface area contributed by atoms with E-state index in [0.717, 1.165) is 30.5 Å². The number of likely N-dealkylation sites (tertiary alicyclic amines) is 1. The van der Waals surface area contributed by atoms with Gasteiger partial charge in [-0.1, -0.05) is 28.9 Å². The van der Waals surface area contributed by atoms with E-state index >= 15 is 0 Å². The molecule has 1 aliphatic heterocycles. The third kappa shape index (κ3) is 2.81. The molecule has 2 heterocycles. The summed E-state index contributed by atoms with van der Waals surface area (Å²) in [6, 6.07) is 7.77. The normalized spacial score (nSPS) is 17.7. The molecule has 1 aromatic heterocycles. The summed E-state index contributed by atoms with van der Waals surface area (Å²) in [5, 5.41) is 6.90. The van der Waals surface area contributed by atoms with Crippen molar-refractivity contribution in [3.05, 3.63) is 35.7 Å². The molecule has 1 N–H and O–H groups in total. The Morgan fingerprint density at radius 3 is 3.14 bits per heavy atom. The summed E-state index contributed by atoms with van der Waals surface area (Å²) in [5.41, 5.74) is 2.08. The van der Waals surface area contributed by atoms with Gasteiger partial charge in [0.05, 0.1) is 0 Å². The number of benzene rings is 1. The van der Waals surface area contributed by atoms with E-state index in [2.05, 4.69) is 15.5 Å².